The molecule has 23 heavy (non-hydrogen) atoms. The molecule has 3 N–H and O–H groups in total. The highest BCUT2D eigenvalue weighted by Crippen LogP contribution is 2.31. The Balaban J connectivity index is 1.70. The van der Waals surface area contributed by atoms with Gasteiger partial charge in [0.25, 0.3) is 0 Å². The third-order valence-electron chi connectivity index (χ3n) is 3.92. The van der Waals surface area contributed by atoms with Crippen LogP contribution in [0.25, 0.3) is 0 Å². The van der Waals surface area contributed by atoms with Crippen LogP contribution >= 0.6 is 11.6 Å². The van der Waals surface area contributed by atoms with Gasteiger partial charge in [-0.05, 0) is 23.3 Å². The molecule has 120 valence electrons. The number of ether oxygens (including phenoxy) is 1. The van der Waals surface area contributed by atoms with E-state index in [0.717, 1.165) is 11.1 Å². The van der Waals surface area contributed by atoms with E-state index in [4.69, 9.17) is 16.3 Å². The minimum atomic E-state index is -0.635. The Morgan fingerprint density at radius 1 is 1.30 bits per heavy atom. The molecule has 5 nitrogen and oxygen atoms in total. The van der Waals surface area contributed by atoms with Gasteiger partial charge in [-0.15, -0.1) is 0 Å². The van der Waals surface area contributed by atoms with Crippen LogP contribution in [0, 0.1) is 0 Å². The molecule has 0 spiro atoms. The van der Waals surface area contributed by atoms with Gasteiger partial charge in [-0.1, -0.05) is 35.9 Å². The van der Waals surface area contributed by atoms with Crippen LogP contribution in [-0.2, 0) is 6.42 Å². The summed E-state index contributed by atoms with van der Waals surface area (Å²) in [6.45, 7) is 0. The van der Waals surface area contributed by atoms with Gasteiger partial charge in [-0.25, -0.2) is 4.79 Å². The molecule has 0 saturated carbocycles. The van der Waals surface area contributed by atoms with Crippen molar-refractivity contribution in [2.24, 2.45) is 0 Å². The number of aliphatic hydroxyl groups excluding tert-OH is 1. The molecule has 0 aliphatic heterocycles. The second kappa shape index (κ2) is 6.48. The minimum absolute atomic E-state index is 0.381. The summed E-state index contributed by atoms with van der Waals surface area (Å²) in [5.74, 6) is 0.612. The molecule has 1 aliphatic carbocycles. The minimum Gasteiger partial charge on any atom is -0.497 e. The molecule has 2 aromatic carbocycles. The van der Waals surface area contributed by atoms with Crippen LogP contribution in [0.1, 0.15) is 17.2 Å². The van der Waals surface area contributed by atoms with Crippen LogP contribution in [0.3, 0.4) is 0 Å². The van der Waals surface area contributed by atoms with Gasteiger partial charge in [0.05, 0.1) is 30.0 Å². The molecule has 2 atom stereocenters. The van der Waals surface area contributed by atoms with Crippen molar-refractivity contribution >= 4 is 23.3 Å². The van der Waals surface area contributed by atoms with Crippen molar-refractivity contribution in [1.29, 1.82) is 0 Å². The molecule has 0 heterocycles. The highest BCUT2D eigenvalue weighted by molar-refractivity contribution is 6.33. The molecule has 0 radical (unpaired) electrons. The number of hydrogen-bond donors (Lipinski definition) is 3. The lowest BCUT2D eigenvalue weighted by Gasteiger charge is -2.18. The summed E-state index contributed by atoms with van der Waals surface area (Å²) in [7, 11) is 1.55. The van der Waals surface area contributed by atoms with E-state index < -0.39 is 18.2 Å². The predicted octanol–water partition coefficient (Wildman–Crippen LogP) is 3.13. The topological polar surface area (TPSA) is 70.6 Å². The van der Waals surface area contributed by atoms with E-state index >= 15 is 0 Å². The number of rotatable bonds is 3. The first-order valence-electron chi connectivity index (χ1n) is 7.25. The fourth-order valence-electron chi connectivity index (χ4n) is 2.77. The molecule has 0 unspecified atom stereocenters. The Labute approximate surface area is 139 Å². The Hall–Kier alpha value is -2.24. The fraction of sp³-hybridized carbons (Fsp3) is 0.235. The van der Waals surface area contributed by atoms with Gasteiger partial charge in [-0.3, -0.25) is 0 Å². The summed E-state index contributed by atoms with van der Waals surface area (Å²) >= 11 is 6.11. The maximum atomic E-state index is 12.2. The van der Waals surface area contributed by atoms with E-state index in [-0.39, 0.29) is 0 Å². The molecule has 0 aromatic heterocycles. The first-order valence-corrected chi connectivity index (χ1v) is 7.63. The van der Waals surface area contributed by atoms with Gasteiger partial charge in [0.15, 0.2) is 0 Å². The van der Waals surface area contributed by atoms with Gasteiger partial charge >= 0.3 is 6.03 Å². The second-order valence-electron chi connectivity index (χ2n) is 5.39. The van der Waals surface area contributed by atoms with Crippen LogP contribution in [0.5, 0.6) is 5.75 Å². The molecule has 2 aromatic rings. The molecule has 2 amide bonds. The summed E-state index contributed by atoms with van der Waals surface area (Å²) in [6, 6.07) is 11.8. The molecule has 3 rings (SSSR count). The number of urea groups is 1. The van der Waals surface area contributed by atoms with Crippen molar-refractivity contribution in [1.82, 2.24) is 5.32 Å². The molecule has 0 saturated heterocycles. The van der Waals surface area contributed by atoms with Gasteiger partial charge < -0.3 is 20.5 Å². The van der Waals surface area contributed by atoms with Crippen molar-refractivity contribution in [3.63, 3.8) is 0 Å². The number of halogens is 1. The fourth-order valence-corrected chi connectivity index (χ4v) is 2.99. The van der Waals surface area contributed by atoms with Crippen molar-refractivity contribution in [2.45, 2.75) is 18.6 Å². The molecule has 1 aliphatic rings. The lowest BCUT2D eigenvalue weighted by Crippen LogP contribution is -2.36. The third kappa shape index (κ3) is 3.25. The number of methoxy groups -OCH3 is 1. The quantitative estimate of drug-likeness (QED) is 0.808. The predicted molar refractivity (Wildman–Crippen MR) is 89.1 cm³/mol. The van der Waals surface area contributed by atoms with Crippen molar-refractivity contribution in [3.05, 3.63) is 58.6 Å². The maximum absolute atomic E-state index is 12.2. The molecular weight excluding hydrogens is 316 g/mol. The number of benzene rings is 2. The molecule has 0 bridgehead atoms. The summed E-state index contributed by atoms with van der Waals surface area (Å²) in [4.78, 5) is 12.2. The number of amides is 2. The van der Waals surface area contributed by atoms with Crippen molar-refractivity contribution in [2.75, 3.05) is 12.4 Å². The van der Waals surface area contributed by atoms with Crippen molar-refractivity contribution in [3.8, 4) is 5.75 Å². The first kappa shape index (κ1) is 15.6. The summed E-state index contributed by atoms with van der Waals surface area (Å²) in [6.07, 6.45) is -0.103. The number of carbonyl (C=O) groups excluding carboxylic acids is 1. The zero-order valence-electron chi connectivity index (χ0n) is 12.5. The normalized spacial score (nSPS) is 19.1. The lowest BCUT2D eigenvalue weighted by molar-refractivity contribution is 0.144. The smallest absolute Gasteiger partial charge is 0.319 e. The van der Waals surface area contributed by atoms with E-state index in [0.29, 0.717) is 22.9 Å². The van der Waals surface area contributed by atoms with Gasteiger partial charge in [-0.2, -0.15) is 0 Å². The number of fused-ring (bicyclic) bond motifs is 1. The maximum Gasteiger partial charge on any atom is 0.319 e. The molecular formula is C17H17ClN2O3. The summed E-state index contributed by atoms with van der Waals surface area (Å²) in [5, 5.41) is 16.0. The van der Waals surface area contributed by atoms with E-state index in [9.17, 15) is 9.90 Å². The monoisotopic (exact) mass is 332 g/mol. The highest BCUT2D eigenvalue weighted by atomic mass is 35.5. The Kier molecular flexibility index (Phi) is 4.41. The Morgan fingerprint density at radius 2 is 2.09 bits per heavy atom. The third-order valence-corrected chi connectivity index (χ3v) is 4.23. The number of carbonyl (C=O) groups is 1. The largest absolute Gasteiger partial charge is 0.497 e. The van der Waals surface area contributed by atoms with Crippen molar-refractivity contribution < 1.29 is 14.6 Å². The number of nitrogens with one attached hydrogen (secondary N) is 2. The SMILES string of the molecule is COc1ccc(NC(=O)N[C@@H]2c3ccccc3C[C@@H]2O)c(Cl)c1. The van der Waals surface area contributed by atoms with E-state index in [1.165, 1.54) is 0 Å². The number of hydrogen-bond acceptors (Lipinski definition) is 3. The highest BCUT2D eigenvalue weighted by Gasteiger charge is 2.31. The zero-order valence-corrected chi connectivity index (χ0v) is 13.3. The average Bonchev–Trinajstić information content (AvgIpc) is 2.85. The van der Waals surface area contributed by atoms with Crippen LogP contribution < -0.4 is 15.4 Å². The lowest BCUT2D eigenvalue weighted by atomic mass is 10.1. The Morgan fingerprint density at radius 3 is 2.83 bits per heavy atom. The van der Waals surface area contributed by atoms with E-state index in [2.05, 4.69) is 10.6 Å². The molecule has 6 heteroatoms. The van der Waals surface area contributed by atoms with Crippen LogP contribution in [0.15, 0.2) is 42.5 Å². The number of anilines is 1. The van der Waals surface area contributed by atoms with Crippen LogP contribution in [0.2, 0.25) is 5.02 Å². The zero-order chi connectivity index (χ0) is 16.4. The number of aliphatic hydroxyl groups is 1. The van der Waals surface area contributed by atoms with E-state index in [1.807, 2.05) is 24.3 Å². The second-order valence-corrected chi connectivity index (χ2v) is 5.80. The van der Waals surface area contributed by atoms with Gasteiger partial charge in [0, 0.05) is 12.5 Å². The summed E-state index contributed by atoms with van der Waals surface area (Å²) in [5.41, 5.74) is 2.47. The van der Waals surface area contributed by atoms with E-state index in [1.54, 1.807) is 25.3 Å². The van der Waals surface area contributed by atoms with Crippen LogP contribution in [0.4, 0.5) is 10.5 Å². The summed E-state index contributed by atoms with van der Waals surface area (Å²) < 4.78 is 5.07. The van der Waals surface area contributed by atoms with Gasteiger partial charge in [0.2, 0.25) is 0 Å². The standard InChI is InChI=1S/C17H17ClN2O3/c1-23-11-6-7-14(13(18)9-11)19-17(22)20-16-12-5-3-2-4-10(12)8-15(16)21/h2-7,9,15-16,21H,8H2,1H3,(H2,19,20,22)/t15-,16+/m0/s1. The Bertz CT molecular complexity index is 736. The first-order chi connectivity index (χ1) is 11.1. The van der Waals surface area contributed by atoms with Crippen LogP contribution in [-0.4, -0.2) is 24.4 Å². The molecule has 0 fully saturated rings. The van der Waals surface area contributed by atoms with Gasteiger partial charge in [0.1, 0.15) is 5.75 Å². The average molecular weight is 333 g/mol.